The van der Waals surface area contributed by atoms with Crippen molar-refractivity contribution in [3.05, 3.63) is 58.1 Å². The molecule has 0 amide bonds. The molecule has 1 N–H and O–H groups in total. The number of nitrogens with one attached hydrogen (secondary N) is 1. The van der Waals surface area contributed by atoms with E-state index >= 15 is 0 Å². The van der Waals surface area contributed by atoms with Crippen molar-refractivity contribution in [2.24, 2.45) is 0 Å². The Kier molecular flexibility index (Phi) is 3.51. The maximum Gasteiger partial charge on any atom is 0.125 e. The lowest BCUT2D eigenvalue weighted by molar-refractivity contribution is 0.581. The van der Waals surface area contributed by atoms with E-state index in [0.717, 1.165) is 35.1 Å². The van der Waals surface area contributed by atoms with Crippen molar-refractivity contribution in [1.29, 1.82) is 0 Å². The summed E-state index contributed by atoms with van der Waals surface area (Å²) < 4.78 is 14.2. The summed E-state index contributed by atoms with van der Waals surface area (Å²) in [4.78, 5) is 4.48. The number of rotatable bonds is 2. The summed E-state index contributed by atoms with van der Waals surface area (Å²) in [7, 11) is 0. The van der Waals surface area contributed by atoms with E-state index in [2.05, 4.69) is 32.3 Å². The van der Waals surface area contributed by atoms with Crippen molar-refractivity contribution in [3.8, 4) is 0 Å². The molecule has 1 atom stereocenters. The minimum Gasteiger partial charge on any atom is -0.376 e. The van der Waals surface area contributed by atoms with Gasteiger partial charge >= 0.3 is 0 Å². The van der Waals surface area contributed by atoms with Crippen molar-refractivity contribution in [2.75, 3.05) is 5.32 Å². The highest BCUT2D eigenvalue weighted by Gasteiger charge is 2.21. The fourth-order valence-corrected chi connectivity index (χ4v) is 2.91. The van der Waals surface area contributed by atoms with Gasteiger partial charge in [-0.25, -0.2) is 4.39 Å². The molecule has 0 bridgehead atoms. The molecular formula is C15H14BrFN2. The van der Waals surface area contributed by atoms with Gasteiger partial charge in [0.15, 0.2) is 0 Å². The highest BCUT2D eigenvalue weighted by Crippen LogP contribution is 2.33. The summed E-state index contributed by atoms with van der Waals surface area (Å²) in [5.41, 5.74) is 3.16. The third-order valence-electron chi connectivity index (χ3n) is 3.45. The van der Waals surface area contributed by atoms with Crippen molar-refractivity contribution in [2.45, 2.75) is 25.3 Å². The van der Waals surface area contributed by atoms with Crippen LogP contribution in [0.15, 0.2) is 41.0 Å². The van der Waals surface area contributed by atoms with Crippen LogP contribution in [0.3, 0.4) is 0 Å². The number of hydrogen-bond acceptors (Lipinski definition) is 2. The van der Waals surface area contributed by atoms with E-state index in [-0.39, 0.29) is 11.9 Å². The molecular weight excluding hydrogens is 307 g/mol. The Morgan fingerprint density at radius 1 is 1.32 bits per heavy atom. The van der Waals surface area contributed by atoms with Gasteiger partial charge in [0.05, 0.1) is 17.4 Å². The van der Waals surface area contributed by atoms with Crippen molar-refractivity contribution in [3.63, 3.8) is 0 Å². The average molecular weight is 321 g/mol. The Morgan fingerprint density at radius 2 is 2.21 bits per heavy atom. The van der Waals surface area contributed by atoms with E-state index < -0.39 is 0 Å². The topological polar surface area (TPSA) is 24.9 Å². The second kappa shape index (κ2) is 5.29. The minimum absolute atomic E-state index is 0.156. The lowest BCUT2D eigenvalue weighted by Gasteiger charge is -2.26. The van der Waals surface area contributed by atoms with Crippen LogP contribution in [-0.4, -0.2) is 4.98 Å². The maximum absolute atomic E-state index is 13.3. The highest BCUT2D eigenvalue weighted by molar-refractivity contribution is 9.10. The summed E-state index contributed by atoms with van der Waals surface area (Å²) >= 11 is 3.45. The summed E-state index contributed by atoms with van der Waals surface area (Å²) in [5.74, 6) is -0.234. The van der Waals surface area contributed by atoms with Gasteiger partial charge in [0, 0.05) is 10.7 Å². The molecule has 2 nitrogen and oxygen atoms in total. The first-order valence-electron chi connectivity index (χ1n) is 6.39. The number of halogens is 2. The van der Waals surface area contributed by atoms with Gasteiger partial charge in [0.25, 0.3) is 0 Å². The molecule has 0 saturated carbocycles. The Morgan fingerprint density at radius 3 is 3.11 bits per heavy atom. The second-order valence-electron chi connectivity index (χ2n) is 4.76. The second-order valence-corrected chi connectivity index (χ2v) is 5.62. The fourth-order valence-electron chi connectivity index (χ4n) is 2.55. The lowest BCUT2D eigenvalue weighted by atomic mass is 9.92. The van der Waals surface area contributed by atoms with E-state index in [1.807, 2.05) is 12.3 Å². The van der Waals surface area contributed by atoms with Gasteiger partial charge < -0.3 is 5.32 Å². The van der Waals surface area contributed by atoms with Crippen molar-refractivity contribution in [1.82, 2.24) is 4.98 Å². The van der Waals surface area contributed by atoms with Crippen LogP contribution < -0.4 is 5.32 Å². The zero-order valence-corrected chi connectivity index (χ0v) is 12.0. The zero-order valence-electron chi connectivity index (χ0n) is 10.4. The molecule has 1 aliphatic rings. The van der Waals surface area contributed by atoms with Crippen LogP contribution in [-0.2, 0) is 6.42 Å². The molecule has 0 spiro atoms. The van der Waals surface area contributed by atoms with Gasteiger partial charge in [-0.05, 0) is 65.0 Å². The molecule has 0 saturated heterocycles. The van der Waals surface area contributed by atoms with Gasteiger partial charge in [0.1, 0.15) is 5.82 Å². The van der Waals surface area contributed by atoms with Crippen LogP contribution in [0.2, 0.25) is 0 Å². The molecule has 19 heavy (non-hydrogen) atoms. The van der Waals surface area contributed by atoms with Crippen LogP contribution in [0, 0.1) is 5.82 Å². The molecule has 0 radical (unpaired) electrons. The van der Waals surface area contributed by atoms with Crippen LogP contribution in [0.4, 0.5) is 10.1 Å². The van der Waals surface area contributed by atoms with Gasteiger partial charge in [0.2, 0.25) is 0 Å². The molecule has 4 heteroatoms. The molecule has 98 valence electrons. The van der Waals surface area contributed by atoms with E-state index in [1.54, 1.807) is 6.07 Å². The molecule has 1 unspecified atom stereocenters. The minimum atomic E-state index is -0.234. The van der Waals surface area contributed by atoms with Gasteiger partial charge in [-0.3, -0.25) is 4.98 Å². The molecule has 1 aromatic heterocycles. The number of fused-ring (bicyclic) bond motifs is 1. The van der Waals surface area contributed by atoms with Gasteiger partial charge in [-0.2, -0.15) is 0 Å². The van der Waals surface area contributed by atoms with Crippen molar-refractivity contribution < 1.29 is 4.39 Å². The van der Waals surface area contributed by atoms with Crippen LogP contribution in [0.5, 0.6) is 0 Å². The normalized spacial score (nSPS) is 17.9. The quantitative estimate of drug-likeness (QED) is 0.882. The highest BCUT2D eigenvalue weighted by atomic mass is 79.9. The monoisotopic (exact) mass is 320 g/mol. The molecule has 3 rings (SSSR count). The smallest absolute Gasteiger partial charge is 0.125 e. The van der Waals surface area contributed by atoms with Gasteiger partial charge in [-0.15, -0.1) is 0 Å². The van der Waals surface area contributed by atoms with E-state index in [4.69, 9.17) is 0 Å². The molecule has 0 fully saturated rings. The summed E-state index contributed by atoms with van der Waals surface area (Å²) in [5, 5.41) is 3.40. The Hall–Kier alpha value is -1.42. The van der Waals surface area contributed by atoms with E-state index in [0.29, 0.717) is 0 Å². The lowest BCUT2D eigenvalue weighted by Crippen LogP contribution is -2.19. The number of hydrogen-bond donors (Lipinski definition) is 1. The number of aromatic nitrogens is 1. The molecule has 1 aromatic carbocycles. The first-order valence-corrected chi connectivity index (χ1v) is 7.19. The third-order valence-corrected chi connectivity index (χ3v) is 4.14. The average Bonchev–Trinajstić information content (AvgIpc) is 2.43. The zero-order chi connectivity index (χ0) is 13.2. The number of anilines is 1. The number of aryl methyl sites for hydroxylation is 1. The first kappa shape index (κ1) is 12.6. The molecule has 1 heterocycles. The Labute approximate surface area is 120 Å². The van der Waals surface area contributed by atoms with Crippen LogP contribution >= 0.6 is 15.9 Å². The largest absolute Gasteiger partial charge is 0.376 e. The van der Waals surface area contributed by atoms with E-state index in [1.165, 1.54) is 17.7 Å². The Bertz CT molecular complexity index is 600. The predicted octanol–water partition coefficient (Wildman–Crippen LogP) is 4.47. The summed E-state index contributed by atoms with van der Waals surface area (Å²) in [6.07, 6.45) is 5.04. The standard InChI is InChI=1S/C15H14BrFN2/c16-12-7-6-11(17)9-14(12)19-13-5-1-3-10-4-2-8-18-15(10)13/h2,4,6-9,13,19H,1,3,5H2. The number of nitrogens with zero attached hydrogens (tertiary/aromatic N) is 1. The molecule has 0 aliphatic heterocycles. The van der Waals surface area contributed by atoms with Gasteiger partial charge in [-0.1, -0.05) is 6.07 Å². The summed E-state index contributed by atoms with van der Waals surface area (Å²) in [6, 6.07) is 8.93. The maximum atomic E-state index is 13.3. The molecule has 2 aromatic rings. The fraction of sp³-hybridized carbons (Fsp3) is 0.267. The Balaban J connectivity index is 1.90. The number of benzene rings is 1. The third kappa shape index (κ3) is 2.63. The predicted molar refractivity (Wildman–Crippen MR) is 77.6 cm³/mol. The van der Waals surface area contributed by atoms with E-state index in [9.17, 15) is 4.39 Å². The molecule has 1 aliphatic carbocycles. The first-order chi connectivity index (χ1) is 9.24. The SMILES string of the molecule is Fc1ccc(Br)c(NC2CCCc3cccnc32)c1. The summed E-state index contributed by atoms with van der Waals surface area (Å²) in [6.45, 7) is 0. The number of pyridine rings is 1. The van der Waals surface area contributed by atoms with Crippen LogP contribution in [0.25, 0.3) is 0 Å². The van der Waals surface area contributed by atoms with Crippen molar-refractivity contribution >= 4 is 21.6 Å². The van der Waals surface area contributed by atoms with Crippen LogP contribution in [0.1, 0.15) is 30.1 Å².